The molecule has 0 aromatic carbocycles. The second-order valence-electron chi connectivity index (χ2n) is 4.66. The molecule has 0 spiro atoms. The van der Waals surface area contributed by atoms with Crippen LogP contribution in [0.4, 0.5) is 0 Å². The van der Waals surface area contributed by atoms with Gasteiger partial charge in [0.2, 0.25) is 0 Å². The van der Waals surface area contributed by atoms with Crippen molar-refractivity contribution in [3.8, 4) is 0 Å². The molecule has 2 rings (SSSR count). The minimum absolute atomic E-state index is 0.628. The van der Waals surface area contributed by atoms with Crippen LogP contribution >= 0.6 is 0 Å². The van der Waals surface area contributed by atoms with Crippen LogP contribution in [-0.2, 0) is 17.7 Å². The summed E-state index contributed by atoms with van der Waals surface area (Å²) in [7, 11) is 1.72. The van der Waals surface area contributed by atoms with Crippen molar-refractivity contribution in [3.05, 3.63) is 11.4 Å². The second kappa shape index (κ2) is 6.12. The molecule has 1 saturated carbocycles. The predicted molar refractivity (Wildman–Crippen MR) is 65.9 cm³/mol. The Hall–Kier alpha value is -0.940. The summed E-state index contributed by atoms with van der Waals surface area (Å²) in [5.41, 5.74) is 8.04. The zero-order valence-electron chi connectivity index (χ0n) is 10.6. The van der Waals surface area contributed by atoms with Gasteiger partial charge < -0.3 is 10.5 Å². The lowest BCUT2D eigenvalue weighted by atomic mass is 10.0. The van der Waals surface area contributed by atoms with Crippen molar-refractivity contribution in [2.75, 3.05) is 20.3 Å². The van der Waals surface area contributed by atoms with Crippen LogP contribution in [0.5, 0.6) is 0 Å². The first kappa shape index (κ1) is 12.5. The van der Waals surface area contributed by atoms with Crippen LogP contribution in [0.1, 0.15) is 43.0 Å². The molecule has 5 heteroatoms. The minimum atomic E-state index is 0.628. The summed E-state index contributed by atoms with van der Waals surface area (Å²) < 4.78 is 7.14. The molecule has 0 radical (unpaired) electrons. The highest BCUT2D eigenvalue weighted by atomic mass is 16.5. The summed E-state index contributed by atoms with van der Waals surface area (Å²) >= 11 is 0. The molecule has 17 heavy (non-hydrogen) atoms. The molecule has 1 fully saturated rings. The molecule has 5 nitrogen and oxygen atoms in total. The monoisotopic (exact) mass is 238 g/mol. The van der Waals surface area contributed by atoms with E-state index >= 15 is 0 Å². The standard InChI is InChI=1S/C12H22N4O/c1-17-9-8-16-12(10-4-2-3-5-10)11(6-7-13)14-15-16/h10H,2-9,13H2,1H3. The van der Waals surface area contributed by atoms with Gasteiger partial charge in [-0.25, -0.2) is 4.68 Å². The van der Waals surface area contributed by atoms with Crippen molar-refractivity contribution in [1.29, 1.82) is 0 Å². The SMILES string of the molecule is COCCn1nnc(CCN)c1C1CCCC1. The Bertz CT molecular complexity index is 344. The number of rotatable bonds is 6. The van der Waals surface area contributed by atoms with Gasteiger partial charge in [0, 0.05) is 19.4 Å². The maximum atomic E-state index is 5.64. The summed E-state index contributed by atoms with van der Waals surface area (Å²) in [6, 6.07) is 0. The topological polar surface area (TPSA) is 66.0 Å². The van der Waals surface area contributed by atoms with Crippen molar-refractivity contribution in [1.82, 2.24) is 15.0 Å². The Morgan fingerprint density at radius 3 is 2.82 bits per heavy atom. The van der Waals surface area contributed by atoms with Crippen LogP contribution in [-0.4, -0.2) is 35.3 Å². The lowest BCUT2D eigenvalue weighted by Gasteiger charge is -2.13. The molecular formula is C12H22N4O. The van der Waals surface area contributed by atoms with Crippen LogP contribution in [0.2, 0.25) is 0 Å². The van der Waals surface area contributed by atoms with E-state index in [2.05, 4.69) is 10.3 Å². The zero-order valence-corrected chi connectivity index (χ0v) is 10.6. The van der Waals surface area contributed by atoms with Gasteiger partial charge in [-0.2, -0.15) is 0 Å². The van der Waals surface area contributed by atoms with E-state index in [1.807, 2.05) is 4.68 Å². The smallest absolute Gasteiger partial charge is 0.0874 e. The van der Waals surface area contributed by atoms with Gasteiger partial charge in [-0.1, -0.05) is 18.1 Å². The lowest BCUT2D eigenvalue weighted by molar-refractivity contribution is 0.181. The number of ether oxygens (including phenoxy) is 1. The van der Waals surface area contributed by atoms with Gasteiger partial charge in [-0.15, -0.1) is 5.10 Å². The Balaban J connectivity index is 2.18. The number of nitrogens with zero attached hydrogens (tertiary/aromatic N) is 3. The summed E-state index contributed by atoms with van der Waals surface area (Å²) in [4.78, 5) is 0. The molecule has 1 aromatic heterocycles. The van der Waals surface area contributed by atoms with Gasteiger partial charge in [0.05, 0.1) is 24.5 Å². The van der Waals surface area contributed by atoms with Crippen LogP contribution in [0.3, 0.4) is 0 Å². The molecule has 1 heterocycles. The lowest BCUT2D eigenvalue weighted by Crippen LogP contribution is -2.13. The number of hydrogen-bond donors (Lipinski definition) is 1. The fourth-order valence-electron chi connectivity index (χ4n) is 2.66. The second-order valence-corrected chi connectivity index (χ2v) is 4.66. The maximum Gasteiger partial charge on any atom is 0.0874 e. The Morgan fingerprint density at radius 2 is 2.18 bits per heavy atom. The first-order valence-corrected chi connectivity index (χ1v) is 6.48. The molecular weight excluding hydrogens is 216 g/mol. The molecule has 0 aliphatic heterocycles. The largest absolute Gasteiger partial charge is 0.383 e. The van der Waals surface area contributed by atoms with Crippen molar-refractivity contribution < 1.29 is 4.74 Å². The fourth-order valence-corrected chi connectivity index (χ4v) is 2.66. The van der Waals surface area contributed by atoms with Gasteiger partial charge in [-0.3, -0.25) is 0 Å². The van der Waals surface area contributed by atoms with E-state index in [9.17, 15) is 0 Å². The normalized spacial score (nSPS) is 16.8. The molecule has 0 saturated heterocycles. The summed E-state index contributed by atoms with van der Waals surface area (Å²) in [5, 5.41) is 8.53. The highest BCUT2D eigenvalue weighted by Gasteiger charge is 2.25. The first-order chi connectivity index (χ1) is 8.36. The molecule has 0 bridgehead atoms. The minimum Gasteiger partial charge on any atom is -0.383 e. The third kappa shape index (κ3) is 2.84. The van der Waals surface area contributed by atoms with Crippen molar-refractivity contribution in [3.63, 3.8) is 0 Å². The van der Waals surface area contributed by atoms with Gasteiger partial charge in [0.1, 0.15) is 0 Å². The van der Waals surface area contributed by atoms with E-state index in [1.54, 1.807) is 7.11 Å². The Kier molecular flexibility index (Phi) is 4.50. The third-order valence-corrected chi connectivity index (χ3v) is 3.48. The van der Waals surface area contributed by atoms with Crippen molar-refractivity contribution >= 4 is 0 Å². The molecule has 2 N–H and O–H groups in total. The maximum absolute atomic E-state index is 5.64. The molecule has 1 aliphatic rings. The quantitative estimate of drug-likeness (QED) is 0.805. The van der Waals surface area contributed by atoms with Gasteiger partial charge in [0.25, 0.3) is 0 Å². The van der Waals surface area contributed by atoms with E-state index in [0.717, 1.165) is 18.7 Å². The molecule has 0 atom stereocenters. The summed E-state index contributed by atoms with van der Waals surface area (Å²) in [6.07, 6.45) is 6.00. The molecule has 96 valence electrons. The zero-order chi connectivity index (χ0) is 12.1. The average molecular weight is 238 g/mol. The predicted octanol–water partition coefficient (Wildman–Crippen LogP) is 1.08. The van der Waals surface area contributed by atoms with Crippen LogP contribution in [0, 0.1) is 0 Å². The van der Waals surface area contributed by atoms with Crippen LogP contribution in [0.15, 0.2) is 0 Å². The Labute approximate surface area is 102 Å². The number of methoxy groups -OCH3 is 1. The average Bonchev–Trinajstić information content (AvgIpc) is 2.95. The van der Waals surface area contributed by atoms with Crippen LogP contribution in [0.25, 0.3) is 0 Å². The highest BCUT2D eigenvalue weighted by Crippen LogP contribution is 2.35. The van der Waals surface area contributed by atoms with E-state index in [4.69, 9.17) is 10.5 Å². The van der Waals surface area contributed by atoms with Gasteiger partial charge >= 0.3 is 0 Å². The molecule has 0 unspecified atom stereocenters. The fraction of sp³-hybridized carbons (Fsp3) is 0.833. The number of hydrogen-bond acceptors (Lipinski definition) is 4. The van der Waals surface area contributed by atoms with Crippen molar-refractivity contribution in [2.45, 2.75) is 44.6 Å². The van der Waals surface area contributed by atoms with Gasteiger partial charge in [-0.05, 0) is 19.4 Å². The van der Waals surface area contributed by atoms with Crippen molar-refractivity contribution in [2.24, 2.45) is 5.73 Å². The molecule has 1 aliphatic carbocycles. The van der Waals surface area contributed by atoms with Gasteiger partial charge in [0.15, 0.2) is 0 Å². The number of aromatic nitrogens is 3. The van der Waals surface area contributed by atoms with E-state index < -0.39 is 0 Å². The summed E-state index contributed by atoms with van der Waals surface area (Å²) in [5.74, 6) is 0.628. The third-order valence-electron chi connectivity index (χ3n) is 3.48. The van der Waals surface area contributed by atoms with E-state index in [1.165, 1.54) is 31.4 Å². The number of nitrogens with two attached hydrogens (primary N) is 1. The van der Waals surface area contributed by atoms with E-state index in [0.29, 0.717) is 19.1 Å². The van der Waals surface area contributed by atoms with Crippen LogP contribution < -0.4 is 5.73 Å². The Morgan fingerprint density at radius 1 is 1.41 bits per heavy atom. The molecule has 0 amide bonds. The highest BCUT2D eigenvalue weighted by molar-refractivity contribution is 5.17. The summed E-state index contributed by atoms with van der Waals surface area (Å²) in [6.45, 7) is 2.12. The van der Waals surface area contributed by atoms with E-state index in [-0.39, 0.29) is 0 Å². The first-order valence-electron chi connectivity index (χ1n) is 6.48. The molecule has 1 aromatic rings.